The molecule has 2 aromatic rings. The minimum atomic E-state index is -3.56. The van der Waals surface area contributed by atoms with Crippen LogP contribution in [0.15, 0.2) is 23.1 Å². The van der Waals surface area contributed by atoms with E-state index in [0.717, 1.165) is 48.1 Å². The van der Waals surface area contributed by atoms with Gasteiger partial charge in [0.25, 0.3) is 0 Å². The molecule has 1 aliphatic carbocycles. The van der Waals surface area contributed by atoms with Gasteiger partial charge in [-0.05, 0) is 69.4 Å². The van der Waals surface area contributed by atoms with Crippen LogP contribution in [-0.2, 0) is 14.8 Å². The van der Waals surface area contributed by atoms with E-state index in [2.05, 4.69) is 16.0 Å². The van der Waals surface area contributed by atoms with Crippen molar-refractivity contribution in [3.05, 3.63) is 46.1 Å². The molecule has 9 heteroatoms. The normalized spacial score (nSPS) is 18.0. The fraction of sp³-hybridized carbons (Fsp3) is 0.538. The van der Waals surface area contributed by atoms with Gasteiger partial charge in [-0.2, -0.15) is 9.57 Å². The van der Waals surface area contributed by atoms with Crippen LogP contribution in [0, 0.1) is 39.0 Å². The van der Waals surface area contributed by atoms with E-state index in [1.54, 1.807) is 12.1 Å². The number of nitriles is 1. The first-order valence-corrected chi connectivity index (χ1v) is 13.8. The number of carbonyl (C=O) groups excluding carboxylic acids is 1. The molecule has 0 radical (unpaired) electrons. The van der Waals surface area contributed by atoms with E-state index in [1.807, 2.05) is 38.7 Å². The fourth-order valence-corrected chi connectivity index (χ4v) is 6.74. The molecule has 0 unspecified atom stereocenters. The highest BCUT2D eigenvalue weighted by molar-refractivity contribution is 7.89. The third-order valence-corrected chi connectivity index (χ3v) is 9.53. The summed E-state index contributed by atoms with van der Waals surface area (Å²) in [5.74, 6) is 0.430. The molecule has 8 nitrogen and oxygen atoms in total. The second kappa shape index (κ2) is 10.1. The van der Waals surface area contributed by atoms with Gasteiger partial charge in [0.1, 0.15) is 11.9 Å². The number of piperazine rings is 1. The average Bonchev–Trinajstić information content (AvgIpc) is 3.42. The van der Waals surface area contributed by atoms with Gasteiger partial charge in [-0.25, -0.2) is 8.42 Å². The van der Waals surface area contributed by atoms with Crippen molar-refractivity contribution in [2.75, 3.05) is 38.0 Å². The zero-order valence-electron chi connectivity index (χ0n) is 21.1. The summed E-state index contributed by atoms with van der Waals surface area (Å²) in [5, 5.41) is 12.8. The van der Waals surface area contributed by atoms with Crippen LogP contribution in [0.2, 0.25) is 0 Å². The van der Waals surface area contributed by atoms with Crippen molar-refractivity contribution >= 4 is 21.7 Å². The molecule has 1 aromatic carbocycles. The Morgan fingerprint density at radius 2 is 1.71 bits per heavy atom. The van der Waals surface area contributed by atoms with E-state index in [0.29, 0.717) is 48.5 Å². The predicted octanol–water partition coefficient (Wildman–Crippen LogP) is 3.65. The van der Waals surface area contributed by atoms with Gasteiger partial charge in [0.15, 0.2) is 0 Å². The Balaban J connectivity index is 1.41. The zero-order chi connectivity index (χ0) is 25.3. The molecule has 35 heavy (non-hydrogen) atoms. The molecule has 4 rings (SSSR count). The number of amides is 1. The van der Waals surface area contributed by atoms with Crippen LogP contribution >= 0.6 is 0 Å². The second-order valence-electron chi connectivity index (χ2n) is 9.83. The third kappa shape index (κ3) is 5.01. The van der Waals surface area contributed by atoms with Crippen LogP contribution in [0.25, 0.3) is 0 Å². The maximum Gasteiger partial charge on any atom is 0.243 e. The van der Waals surface area contributed by atoms with Crippen molar-refractivity contribution in [3.8, 4) is 6.07 Å². The highest BCUT2D eigenvalue weighted by atomic mass is 32.2. The molecule has 188 valence electrons. The lowest BCUT2D eigenvalue weighted by Crippen LogP contribution is -2.50. The molecule has 1 amide bonds. The predicted molar refractivity (Wildman–Crippen MR) is 136 cm³/mol. The van der Waals surface area contributed by atoms with Gasteiger partial charge < -0.3 is 9.88 Å². The largest absolute Gasteiger partial charge is 0.327 e. The topological polar surface area (TPSA) is 98.4 Å². The molecule has 2 fully saturated rings. The number of sulfonamides is 1. The lowest BCUT2D eigenvalue weighted by Gasteiger charge is -2.33. The molecule has 2 aliphatic rings. The summed E-state index contributed by atoms with van der Waals surface area (Å²) in [5.41, 5.74) is 4.50. The van der Waals surface area contributed by atoms with E-state index in [9.17, 15) is 18.5 Å². The molecule has 1 aliphatic heterocycles. The van der Waals surface area contributed by atoms with Crippen LogP contribution in [0.3, 0.4) is 0 Å². The number of hydrogen-bond donors (Lipinski definition) is 1. The number of nitrogens with zero attached hydrogens (tertiary/aromatic N) is 4. The maximum atomic E-state index is 13.1. The summed E-state index contributed by atoms with van der Waals surface area (Å²) in [6.45, 7) is 9.61. The Labute approximate surface area is 208 Å². The van der Waals surface area contributed by atoms with Gasteiger partial charge in [0.05, 0.1) is 17.0 Å². The quantitative estimate of drug-likeness (QED) is 0.657. The fourth-order valence-electron chi connectivity index (χ4n) is 5.23. The minimum Gasteiger partial charge on any atom is -0.327 e. The van der Waals surface area contributed by atoms with Crippen LogP contribution in [0.5, 0.6) is 0 Å². The van der Waals surface area contributed by atoms with Crippen LogP contribution in [0.4, 0.5) is 5.82 Å². The molecule has 1 N–H and O–H groups in total. The second-order valence-corrected chi connectivity index (χ2v) is 11.8. The number of aromatic nitrogens is 1. The number of aryl methyl sites for hydroxylation is 2. The average molecular weight is 498 g/mol. The number of hydrogen-bond acceptors (Lipinski definition) is 5. The number of carbonyl (C=O) groups is 1. The van der Waals surface area contributed by atoms with E-state index in [-0.39, 0.29) is 12.5 Å². The van der Waals surface area contributed by atoms with Crippen molar-refractivity contribution in [3.63, 3.8) is 0 Å². The molecule has 1 saturated carbocycles. The maximum absolute atomic E-state index is 13.1. The summed E-state index contributed by atoms with van der Waals surface area (Å²) in [6.07, 6.45) is 4.43. The van der Waals surface area contributed by atoms with Crippen LogP contribution in [0.1, 0.15) is 59.7 Å². The minimum absolute atomic E-state index is 0.163. The summed E-state index contributed by atoms with van der Waals surface area (Å²) < 4.78 is 29.8. The van der Waals surface area contributed by atoms with E-state index in [1.165, 1.54) is 4.31 Å². The first-order chi connectivity index (χ1) is 16.6. The molecular formula is C26H35N5O3S. The molecule has 1 saturated heterocycles. The summed E-state index contributed by atoms with van der Waals surface area (Å²) >= 11 is 0. The van der Waals surface area contributed by atoms with Gasteiger partial charge >= 0.3 is 0 Å². The lowest BCUT2D eigenvalue weighted by atomic mass is 10.1. The Bertz CT molecular complexity index is 1260. The summed E-state index contributed by atoms with van der Waals surface area (Å²) in [4.78, 5) is 15.3. The smallest absolute Gasteiger partial charge is 0.243 e. The number of nitrogens with one attached hydrogen (secondary N) is 1. The van der Waals surface area contributed by atoms with E-state index >= 15 is 0 Å². The molecule has 2 heterocycles. The Morgan fingerprint density at radius 3 is 2.31 bits per heavy atom. The monoisotopic (exact) mass is 497 g/mol. The first-order valence-electron chi connectivity index (χ1n) is 12.3. The van der Waals surface area contributed by atoms with Crippen molar-refractivity contribution < 1.29 is 13.2 Å². The van der Waals surface area contributed by atoms with Crippen molar-refractivity contribution in [1.29, 1.82) is 5.26 Å². The van der Waals surface area contributed by atoms with E-state index < -0.39 is 10.0 Å². The zero-order valence-corrected chi connectivity index (χ0v) is 21.9. The van der Waals surface area contributed by atoms with Crippen molar-refractivity contribution in [2.45, 2.75) is 64.3 Å². The number of rotatable bonds is 6. The SMILES string of the molecule is Cc1ccc(S(=O)(=O)N2CCN(CC(=O)Nc3c(C#N)c(C)c(C)n3C3CCCC3)CC2)cc1C. The molecule has 0 bridgehead atoms. The highest BCUT2D eigenvalue weighted by Crippen LogP contribution is 2.37. The van der Waals surface area contributed by atoms with E-state index in [4.69, 9.17) is 0 Å². The lowest BCUT2D eigenvalue weighted by molar-refractivity contribution is -0.117. The summed E-state index contributed by atoms with van der Waals surface area (Å²) in [7, 11) is -3.56. The molecule has 0 spiro atoms. The molecule has 1 aromatic heterocycles. The standard InChI is InChI=1S/C26H35N5O3S/c1-18-9-10-23(15-19(18)2)35(33,34)30-13-11-29(12-14-30)17-25(32)28-26-24(16-27)20(3)21(4)31(26)22-7-5-6-8-22/h9-10,15,22H,5-8,11-14,17H2,1-4H3,(H,28,32). The van der Waals surface area contributed by atoms with Gasteiger partial charge in [0, 0.05) is 37.9 Å². The van der Waals surface area contributed by atoms with Gasteiger partial charge in [-0.15, -0.1) is 0 Å². The third-order valence-electron chi connectivity index (χ3n) is 7.63. The summed E-state index contributed by atoms with van der Waals surface area (Å²) in [6, 6.07) is 7.81. The molecular weight excluding hydrogens is 462 g/mol. The Morgan fingerprint density at radius 1 is 1.06 bits per heavy atom. The first kappa shape index (κ1) is 25.4. The Kier molecular flexibility index (Phi) is 7.36. The van der Waals surface area contributed by atoms with Crippen LogP contribution < -0.4 is 5.32 Å². The van der Waals surface area contributed by atoms with Crippen LogP contribution in [-0.4, -0.2) is 60.8 Å². The number of benzene rings is 1. The van der Waals surface area contributed by atoms with Gasteiger partial charge in [-0.1, -0.05) is 18.9 Å². The number of anilines is 1. The van der Waals surface area contributed by atoms with Gasteiger partial charge in [0.2, 0.25) is 15.9 Å². The highest BCUT2D eigenvalue weighted by Gasteiger charge is 2.30. The Hall–Kier alpha value is -2.67. The molecule has 0 atom stereocenters. The van der Waals surface area contributed by atoms with Crippen molar-refractivity contribution in [2.24, 2.45) is 0 Å². The van der Waals surface area contributed by atoms with Gasteiger partial charge in [-0.3, -0.25) is 9.69 Å². The van der Waals surface area contributed by atoms with Crippen molar-refractivity contribution in [1.82, 2.24) is 13.8 Å².